The largest absolute Gasteiger partial charge is 0.490 e. The van der Waals surface area contributed by atoms with Crippen LogP contribution in [0.15, 0.2) is 58.6 Å². The highest BCUT2D eigenvalue weighted by Gasteiger charge is 2.30. The molecule has 0 aromatic carbocycles. The highest BCUT2D eigenvalue weighted by molar-refractivity contribution is 6.21. The van der Waals surface area contributed by atoms with Crippen molar-refractivity contribution in [1.29, 1.82) is 0 Å². The van der Waals surface area contributed by atoms with E-state index in [0.29, 0.717) is 12.0 Å². The number of rotatable bonds is 8. The first-order valence-corrected chi connectivity index (χ1v) is 8.03. The van der Waals surface area contributed by atoms with Crippen LogP contribution in [-0.4, -0.2) is 25.8 Å². The number of ether oxygens (including phenoxy) is 2. The van der Waals surface area contributed by atoms with E-state index in [1.54, 1.807) is 0 Å². The van der Waals surface area contributed by atoms with Crippen molar-refractivity contribution in [2.45, 2.75) is 40.0 Å². The fraction of sp³-hybridized carbons (Fsp3) is 0.400. The third-order valence-corrected chi connectivity index (χ3v) is 3.79. The average Bonchev–Trinajstić information content (AvgIpc) is 2.56. The van der Waals surface area contributed by atoms with Gasteiger partial charge < -0.3 is 9.47 Å². The molecule has 0 aromatic rings. The Hall–Kier alpha value is -2.36. The maximum absolute atomic E-state index is 12.4. The van der Waals surface area contributed by atoms with Gasteiger partial charge in [0, 0.05) is 5.57 Å². The Kier molecular flexibility index (Phi) is 7.96. The summed E-state index contributed by atoms with van der Waals surface area (Å²) < 4.78 is 10.0. The quantitative estimate of drug-likeness (QED) is 0.380. The normalized spacial score (nSPS) is 16.8. The van der Waals surface area contributed by atoms with E-state index >= 15 is 0 Å². The fourth-order valence-corrected chi connectivity index (χ4v) is 2.56. The highest BCUT2D eigenvalue weighted by Crippen LogP contribution is 2.25. The number of methoxy groups -OCH3 is 2. The molecule has 0 N–H and O–H groups in total. The van der Waals surface area contributed by atoms with Crippen molar-refractivity contribution in [3.8, 4) is 0 Å². The molecule has 1 rings (SSSR count). The van der Waals surface area contributed by atoms with Crippen LogP contribution in [0.25, 0.3) is 0 Å². The first-order valence-electron chi connectivity index (χ1n) is 8.03. The van der Waals surface area contributed by atoms with Crippen molar-refractivity contribution >= 4 is 11.6 Å². The van der Waals surface area contributed by atoms with E-state index in [1.165, 1.54) is 25.9 Å². The SMILES string of the molecule is C/C=C\C(=C/C)CC/C=C(\C)CC1=CC(=O)C(OC)=C(OC)C1=O. The van der Waals surface area contributed by atoms with Gasteiger partial charge in [0.2, 0.25) is 23.1 Å². The second-order valence-electron chi connectivity index (χ2n) is 5.56. The van der Waals surface area contributed by atoms with E-state index in [-0.39, 0.29) is 23.1 Å². The predicted octanol–water partition coefficient (Wildman–Crippen LogP) is 4.21. The zero-order valence-electron chi connectivity index (χ0n) is 15.1. The minimum absolute atomic E-state index is 0.0166. The summed E-state index contributed by atoms with van der Waals surface area (Å²) in [5.41, 5.74) is 2.76. The molecule has 0 saturated carbocycles. The number of carbonyl (C=O) groups excluding carboxylic acids is 2. The first-order chi connectivity index (χ1) is 11.5. The summed E-state index contributed by atoms with van der Waals surface area (Å²) in [4.78, 5) is 24.4. The Morgan fingerprint density at radius 2 is 1.79 bits per heavy atom. The molecule has 0 unspecified atom stereocenters. The highest BCUT2D eigenvalue weighted by atomic mass is 16.5. The van der Waals surface area contributed by atoms with Gasteiger partial charge in [0.1, 0.15) is 0 Å². The van der Waals surface area contributed by atoms with Crippen molar-refractivity contribution in [1.82, 2.24) is 0 Å². The molecule has 0 radical (unpaired) electrons. The molecule has 4 nitrogen and oxygen atoms in total. The van der Waals surface area contributed by atoms with E-state index in [0.717, 1.165) is 18.4 Å². The number of hydrogen-bond acceptors (Lipinski definition) is 4. The van der Waals surface area contributed by atoms with Gasteiger partial charge in [-0.25, -0.2) is 0 Å². The molecular formula is C20H26O4. The number of Topliss-reactive ketones (excluding diaryl/α,β-unsaturated/α-hetero) is 1. The van der Waals surface area contributed by atoms with E-state index in [4.69, 9.17) is 9.47 Å². The molecule has 0 fully saturated rings. The lowest BCUT2D eigenvalue weighted by molar-refractivity contribution is -0.120. The van der Waals surface area contributed by atoms with E-state index in [2.05, 4.69) is 18.2 Å². The maximum atomic E-state index is 12.4. The topological polar surface area (TPSA) is 52.6 Å². The Bertz CT molecular complexity index is 643. The molecule has 0 heterocycles. The van der Waals surface area contributed by atoms with E-state index in [1.807, 2.05) is 26.8 Å². The summed E-state index contributed by atoms with van der Waals surface area (Å²) in [6.45, 7) is 5.98. The average molecular weight is 330 g/mol. The molecule has 0 bridgehead atoms. The van der Waals surface area contributed by atoms with Gasteiger partial charge in [0.05, 0.1) is 14.2 Å². The maximum Gasteiger partial charge on any atom is 0.228 e. The third-order valence-electron chi connectivity index (χ3n) is 3.79. The molecular weight excluding hydrogens is 304 g/mol. The first kappa shape index (κ1) is 19.7. The zero-order valence-corrected chi connectivity index (χ0v) is 15.1. The summed E-state index contributed by atoms with van der Waals surface area (Å²) >= 11 is 0. The van der Waals surface area contributed by atoms with Crippen LogP contribution in [0.1, 0.15) is 40.0 Å². The Morgan fingerprint density at radius 3 is 2.33 bits per heavy atom. The molecule has 1 aliphatic rings. The lowest BCUT2D eigenvalue weighted by Crippen LogP contribution is -2.21. The summed E-state index contributed by atoms with van der Waals surface area (Å²) in [7, 11) is 2.72. The van der Waals surface area contributed by atoms with Crippen LogP contribution in [0.2, 0.25) is 0 Å². The van der Waals surface area contributed by atoms with Gasteiger partial charge >= 0.3 is 0 Å². The van der Waals surface area contributed by atoms with Gasteiger partial charge in [-0.05, 0) is 46.1 Å². The van der Waals surface area contributed by atoms with E-state index in [9.17, 15) is 9.59 Å². The van der Waals surface area contributed by atoms with E-state index < -0.39 is 0 Å². The molecule has 24 heavy (non-hydrogen) atoms. The number of carbonyl (C=O) groups is 2. The van der Waals surface area contributed by atoms with Crippen LogP contribution >= 0.6 is 0 Å². The summed E-state index contributed by atoms with van der Waals surface area (Å²) in [6, 6.07) is 0. The van der Waals surface area contributed by atoms with Crippen LogP contribution < -0.4 is 0 Å². The smallest absolute Gasteiger partial charge is 0.228 e. The molecule has 0 spiro atoms. The minimum atomic E-state index is -0.332. The van der Waals surface area contributed by atoms with Crippen LogP contribution in [0.5, 0.6) is 0 Å². The predicted molar refractivity (Wildman–Crippen MR) is 95.3 cm³/mol. The molecule has 0 amide bonds. The number of allylic oxidation sites excluding steroid dienone is 8. The van der Waals surface area contributed by atoms with Crippen molar-refractivity contribution < 1.29 is 19.1 Å². The second-order valence-corrected chi connectivity index (χ2v) is 5.56. The monoisotopic (exact) mass is 330 g/mol. The fourth-order valence-electron chi connectivity index (χ4n) is 2.56. The number of hydrogen-bond donors (Lipinski definition) is 0. The standard InChI is InChI=1S/C20H26O4/c1-6-9-15(7-2)11-8-10-14(3)12-16-13-17(21)19(23-4)20(24-5)18(16)22/h6-7,9-10,13H,8,11-12H2,1-5H3/b9-6-,14-10+,15-7+. The summed E-state index contributed by atoms with van der Waals surface area (Å²) in [5.74, 6) is -0.667. The van der Waals surface area contributed by atoms with Crippen molar-refractivity contribution in [3.63, 3.8) is 0 Å². The van der Waals surface area contributed by atoms with Gasteiger partial charge in [-0.15, -0.1) is 0 Å². The van der Waals surface area contributed by atoms with Crippen LogP contribution in [-0.2, 0) is 19.1 Å². The Morgan fingerprint density at radius 1 is 1.12 bits per heavy atom. The van der Waals surface area contributed by atoms with Gasteiger partial charge in [-0.1, -0.05) is 35.5 Å². The molecule has 0 aromatic heterocycles. The summed E-state index contributed by atoms with van der Waals surface area (Å²) in [5, 5.41) is 0. The molecule has 0 aliphatic heterocycles. The van der Waals surface area contributed by atoms with Crippen LogP contribution in [0.3, 0.4) is 0 Å². The number of ketones is 2. The second kappa shape index (κ2) is 9.71. The third kappa shape index (κ3) is 5.08. The molecule has 4 heteroatoms. The van der Waals surface area contributed by atoms with Crippen molar-refractivity contribution in [3.05, 3.63) is 58.6 Å². The lowest BCUT2D eigenvalue weighted by atomic mass is 9.94. The Labute approximate surface area is 144 Å². The molecule has 0 saturated heterocycles. The van der Waals surface area contributed by atoms with Crippen molar-refractivity contribution in [2.75, 3.05) is 14.2 Å². The zero-order chi connectivity index (χ0) is 18.1. The lowest BCUT2D eigenvalue weighted by Gasteiger charge is -2.17. The molecule has 0 atom stereocenters. The summed E-state index contributed by atoms with van der Waals surface area (Å²) in [6.07, 6.45) is 11.9. The Balaban J connectivity index is 2.77. The van der Waals surface area contributed by atoms with Crippen LogP contribution in [0, 0.1) is 0 Å². The van der Waals surface area contributed by atoms with Crippen LogP contribution in [0.4, 0.5) is 0 Å². The molecule has 130 valence electrons. The van der Waals surface area contributed by atoms with Gasteiger partial charge in [0.15, 0.2) is 0 Å². The molecule has 1 aliphatic carbocycles. The van der Waals surface area contributed by atoms with Crippen molar-refractivity contribution in [2.24, 2.45) is 0 Å². The van der Waals surface area contributed by atoms with Gasteiger partial charge in [-0.3, -0.25) is 9.59 Å². The minimum Gasteiger partial charge on any atom is -0.490 e. The van der Waals surface area contributed by atoms with Gasteiger partial charge in [-0.2, -0.15) is 0 Å². The van der Waals surface area contributed by atoms with Gasteiger partial charge in [0.25, 0.3) is 0 Å².